The van der Waals surface area contributed by atoms with E-state index in [-0.39, 0.29) is 22.8 Å². The van der Waals surface area contributed by atoms with Crippen LogP contribution in [0.2, 0.25) is 0 Å². The average molecular weight is 405 g/mol. The number of para-hydroxylation sites is 2. The van der Waals surface area contributed by atoms with Crippen molar-refractivity contribution in [1.29, 1.82) is 0 Å². The number of hydrogen-bond acceptors (Lipinski definition) is 6. The zero-order valence-corrected chi connectivity index (χ0v) is 16.5. The Morgan fingerprint density at radius 2 is 1.78 bits per heavy atom. The highest BCUT2D eigenvalue weighted by Crippen LogP contribution is 2.19. The Hall–Kier alpha value is -2.32. The van der Waals surface area contributed by atoms with Gasteiger partial charge in [0.15, 0.2) is 5.16 Å². The molecule has 0 spiro atoms. The van der Waals surface area contributed by atoms with Crippen molar-refractivity contribution in [3.05, 3.63) is 65.0 Å². The summed E-state index contributed by atoms with van der Waals surface area (Å²) in [6.07, 6.45) is 0.781. The standard InChI is InChI=1S/C19H20N2O4S2/c1-2-12-21-18(22)16-10-6-7-11-17(16)20-19(21)26-13-14-27(23,24)25-15-8-4-3-5-9-15/h3-11H,2,12-14H2,1H3. The van der Waals surface area contributed by atoms with E-state index >= 15 is 0 Å². The van der Waals surface area contributed by atoms with E-state index < -0.39 is 10.1 Å². The molecule has 0 unspecified atom stereocenters. The number of aromatic nitrogens is 2. The lowest BCUT2D eigenvalue weighted by Gasteiger charge is -2.12. The van der Waals surface area contributed by atoms with E-state index in [2.05, 4.69) is 4.98 Å². The van der Waals surface area contributed by atoms with Crippen LogP contribution in [0.4, 0.5) is 0 Å². The topological polar surface area (TPSA) is 78.3 Å². The predicted molar refractivity (Wildman–Crippen MR) is 108 cm³/mol. The summed E-state index contributed by atoms with van der Waals surface area (Å²) in [6.45, 7) is 2.51. The second-order valence-electron chi connectivity index (χ2n) is 5.87. The van der Waals surface area contributed by atoms with Gasteiger partial charge in [0.1, 0.15) is 5.75 Å². The first-order valence-electron chi connectivity index (χ1n) is 8.60. The highest BCUT2D eigenvalue weighted by molar-refractivity contribution is 8.00. The van der Waals surface area contributed by atoms with Crippen LogP contribution >= 0.6 is 11.8 Å². The van der Waals surface area contributed by atoms with Gasteiger partial charge in [0, 0.05) is 12.3 Å². The smallest absolute Gasteiger partial charge is 0.310 e. The van der Waals surface area contributed by atoms with E-state index in [9.17, 15) is 13.2 Å². The van der Waals surface area contributed by atoms with E-state index in [0.717, 1.165) is 6.42 Å². The number of rotatable bonds is 8. The van der Waals surface area contributed by atoms with Crippen LogP contribution in [0.5, 0.6) is 5.75 Å². The Kier molecular flexibility index (Phi) is 6.18. The minimum Gasteiger partial charge on any atom is -0.382 e. The number of thioether (sulfide) groups is 1. The Bertz CT molecular complexity index is 1080. The van der Waals surface area contributed by atoms with Gasteiger partial charge in [0.2, 0.25) is 0 Å². The van der Waals surface area contributed by atoms with Crippen LogP contribution in [0.3, 0.4) is 0 Å². The van der Waals surface area contributed by atoms with Crippen LogP contribution < -0.4 is 9.74 Å². The highest BCUT2D eigenvalue weighted by Gasteiger charge is 2.15. The molecule has 0 radical (unpaired) electrons. The molecule has 0 atom stereocenters. The van der Waals surface area contributed by atoms with Crippen molar-refractivity contribution in [2.75, 3.05) is 11.5 Å². The lowest BCUT2D eigenvalue weighted by molar-refractivity contribution is 0.488. The van der Waals surface area contributed by atoms with Gasteiger partial charge in [0.25, 0.3) is 5.56 Å². The van der Waals surface area contributed by atoms with Gasteiger partial charge in [-0.15, -0.1) is 0 Å². The fraction of sp³-hybridized carbons (Fsp3) is 0.263. The first kappa shape index (κ1) is 19.4. The quantitative estimate of drug-likeness (QED) is 0.326. The summed E-state index contributed by atoms with van der Waals surface area (Å²) >= 11 is 1.25. The molecule has 0 aliphatic heterocycles. The van der Waals surface area contributed by atoms with E-state index in [1.807, 2.05) is 19.1 Å². The summed E-state index contributed by atoms with van der Waals surface area (Å²) in [6, 6.07) is 15.6. The fourth-order valence-electron chi connectivity index (χ4n) is 2.58. The largest absolute Gasteiger partial charge is 0.382 e. The van der Waals surface area contributed by atoms with Crippen molar-refractivity contribution in [3.63, 3.8) is 0 Å². The maximum Gasteiger partial charge on any atom is 0.310 e. The molecule has 0 saturated carbocycles. The molecule has 0 bridgehead atoms. The summed E-state index contributed by atoms with van der Waals surface area (Å²) in [4.78, 5) is 17.3. The zero-order valence-electron chi connectivity index (χ0n) is 14.9. The molecular weight excluding hydrogens is 384 g/mol. The molecule has 3 rings (SSSR count). The number of nitrogens with zero attached hydrogens (tertiary/aromatic N) is 2. The maximum atomic E-state index is 12.7. The molecule has 6 nitrogen and oxygen atoms in total. The van der Waals surface area contributed by atoms with E-state index in [0.29, 0.717) is 22.6 Å². The van der Waals surface area contributed by atoms with Gasteiger partial charge in [-0.1, -0.05) is 49.0 Å². The molecule has 0 N–H and O–H groups in total. The predicted octanol–water partition coefficient (Wildman–Crippen LogP) is 3.31. The number of fused-ring (bicyclic) bond motifs is 1. The molecule has 3 aromatic rings. The molecule has 1 aromatic heterocycles. The van der Waals surface area contributed by atoms with Gasteiger partial charge in [-0.25, -0.2) is 4.98 Å². The van der Waals surface area contributed by atoms with Crippen molar-refractivity contribution in [3.8, 4) is 5.75 Å². The summed E-state index contributed by atoms with van der Waals surface area (Å²) in [5.41, 5.74) is 0.508. The van der Waals surface area contributed by atoms with E-state index in [4.69, 9.17) is 4.18 Å². The Labute approximate surface area is 162 Å². The lowest BCUT2D eigenvalue weighted by Crippen LogP contribution is -2.24. The normalized spacial score (nSPS) is 11.6. The van der Waals surface area contributed by atoms with Gasteiger partial charge in [0.05, 0.1) is 16.7 Å². The first-order chi connectivity index (χ1) is 13.0. The number of benzene rings is 2. The fourth-order valence-corrected chi connectivity index (χ4v) is 4.89. The summed E-state index contributed by atoms with van der Waals surface area (Å²) < 4.78 is 31.0. The van der Waals surface area contributed by atoms with Gasteiger partial charge >= 0.3 is 10.1 Å². The molecule has 27 heavy (non-hydrogen) atoms. The Morgan fingerprint density at radius 3 is 2.52 bits per heavy atom. The van der Waals surface area contributed by atoms with Crippen molar-refractivity contribution < 1.29 is 12.6 Å². The second-order valence-corrected chi connectivity index (χ2v) is 8.63. The molecule has 2 aromatic carbocycles. The van der Waals surface area contributed by atoms with Crippen LogP contribution in [-0.4, -0.2) is 29.5 Å². The number of hydrogen-bond donors (Lipinski definition) is 0. The first-order valence-corrected chi connectivity index (χ1v) is 11.2. The highest BCUT2D eigenvalue weighted by atomic mass is 32.2. The molecule has 0 aliphatic carbocycles. The molecule has 0 amide bonds. The third-order valence-corrected chi connectivity index (χ3v) is 6.19. The van der Waals surface area contributed by atoms with Crippen LogP contribution in [0.15, 0.2) is 64.5 Å². The minimum atomic E-state index is -3.72. The zero-order chi connectivity index (χ0) is 19.3. The Morgan fingerprint density at radius 1 is 1.07 bits per heavy atom. The Balaban J connectivity index is 1.76. The second kappa shape index (κ2) is 8.58. The summed E-state index contributed by atoms with van der Waals surface area (Å²) in [5, 5.41) is 1.09. The molecule has 142 valence electrons. The van der Waals surface area contributed by atoms with E-state index in [1.54, 1.807) is 47.0 Å². The minimum absolute atomic E-state index is 0.103. The van der Waals surface area contributed by atoms with Gasteiger partial charge < -0.3 is 4.18 Å². The molecular formula is C19H20N2O4S2. The van der Waals surface area contributed by atoms with Gasteiger partial charge in [-0.2, -0.15) is 8.42 Å². The van der Waals surface area contributed by atoms with Gasteiger partial charge in [-0.05, 0) is 30.7 Å². The van der Waals surface area contributed by atoms with E-state index in [1.165, 1.54) is 11.8 Å². The van der Waals surface area contributed by atoms with Crippen LogP contribution in [0.1, 0.15) is 13.3 Å². The molecule has 8 heteroatoms. The third-order valence-electron chi connectivity index (χ3n) is 3.80. The summed E-state index contributed by atoms with van der Waals surface area (Å²) in [5.74, 6) is 0.347. The SMILES string of the molecule is CCCn1c(SCCS(=O)(=O)Oc2ccccc2)nc2ccccc2c1=O. The van der Waals surface area contributed by atoms with Crippen LogP contribution in [0.25, 0.3) is 10.9 Å². The molecule has 0 aliphatic rings. The molecule has 0 fully saturated rings. The van der Waals surface area contributed by atoms with Crippen molar-refractivity contribution in [2.45, 2.75) is 25.0 Å². The average Bonchev–Trinajstić information content (AvgIpc) is 2.65. The molecule has 0 saturated heterocycles. The van der Waals surface area contributed by atoms with Crippen molar-refractivity contribution >= 4 is 32.8 Å². The summed E-state index contributed by atoms with van der Waals surface area (Å²) in [7, 11) is -3.72. The lowest BCUT2D eigenvalue weighted by atomic mass is 10.2. The van der Waals surface area contributed by atoms with Crippen molar-refractivity contribution in [2.24, 2.45) is 0 Å². The maximum absolute atomic E-state index is 12.7. The molecule has 1 heterocycles. The van der Waals surface area contributed by atoms with Gasteiger partial charge in [-0.3, -0.25) is 9.36 Å². The van der Waals surface area contributed by atoms with Crippen LogP contribution in [-0.2, 0) is 16.7 Å². The monoisotopic (exact) mass is 404 g/mol. The third kappa shape index (κ3) is 4.90. The van der Waals surface area contributed by atoms with Crippen LogP contribution in [0, 0.1) is 0 Å². The van der Waals surface area contributed by atoms with Crippen molar-refractivity contribution in [1.82, 2.24) is 9.55 Å².